The Hall–Kier alpha value is -2.05. The zero-order valence-corrected chi connectivity index (χ0v) is 16.5. The molecule has 28 heavy (non-hydrogen) atoms. The summed E-state index contributed by atoms with van der Waals surface area (Å²) in [7, 11) is 0. The van der Waals surface area contributed by atoms with E-state index in [1.807, 2.05) is 0 Å². The molecular weight excluding hydrogens is 350 g/mol. The Morgan fingerprint density at radius 3 is 2.64 bits per heavy atom. The fourth-order valence-electron chi connectivity index (χ4n) is 4.34. The van der Waals surface area contributed by atoms with Gasteiger partial charge in [-0.2, -0.15) is 0 Å². The predicted octanol–water partition coefficient (Wildman–Crippen LogP) is 2.94. The van der Waals surface area contributed by atoms with E-state index in [0.29, 0.717) is 18.5 Å². The highest BCUT2D eigenvalue weighted by atomic mass is 16.3. The van der Waals surface area contributed by atoms with Crippen LogP contribution in [-0.2, 0) is 0 Å². The van der Waals surface area contributed by atoms with E-state index in [1.54, 1.807) is 0 Å². The lowest BCUT2D eigenvalue weighted by Gasteiger charge is -2.24. The van der Waals surface area contributed by atoms with Gasteiger partial charge in [0.15, 0.2) is 0 Å². The molecule has 2 atom stereocenters. The molecule has 1 aromatic carbocycles. The number of hydrogen-bond acceptors (Lipinski definition) is 6. The van der Waals surface area contributed by atoms with Gasteiger partial charge < -0.3 is 15.7 Å². The first-order chi connectivity index (χ1) is 13.7. The van der Waals surface area contributed by atoms with E-state index in [0.717, 1.165) is 54.8 Å². The molecule has 3 aliphatic rings. The van der Waals surface area contributed by atoms with Crippen molar-refractivity contribution in [2.45, 2.75) is 69.6 Å². The number of anilines is 1. The normalized spacial score (nSPS) is 27.9. The van der Waals surface area contributed by atoms with Gasteiger partial charge in [0.05, 0.1) is 23.7 Å². The van der Waals surface area contributed by atoms with Crippen LogP contribution in [0.1, 0.15) is 55.8 Å². The van der Waals surface area contributed by atoms with Crippen LogP contribution in [0.15, 0.2) is 23.2 Å². The van der Waals surface area contributed by atoms with Crippen molar-refractivity contribution in [2.24, 2.45) is 4.99 Å². The number of aryl methyl sites for hydroxylation is 1. The maximum atomic E-state index is 10.2. The standard InChI is InChI=1S/C22H29N5O/c1-13-2-9-18-17(10-13)22(26-19-11-23-12-20(19)28)27-21(25-18)14-3-5-15(6-4-14)24-16-7-8-16/h2,9-10,14,16,19-20,23,28H,3-8,11-12H2,1H3,(H,25,26,27)/t14?,19-,20-/m1/s1. The monoisotopic (exact) mass is 379 g/mol. The number of aromatic nitrogens is 2. The molecule has 148 valence electrons. The molecule has 2 heterocycles. The van der Waals surface area contributed by atoms with E-state index in [9.17, 15) is 5.11 Å². The molecule has 0 unspecified atom stereocenters. The summed E-state index contributed by atoms with van der Waals surface area (Å²) < 4.78 is 0. The number of fused-ring (bicyclic) bond motifs is 1. The summed E-state index contributed by atoms with van der Waals surface area (Å²) in [6, 6.07) is 6.94. The minimum Gasteiger partial charge on any atom is -0.390 e. The summed E-state index contributed by atoms with van der Waals surface area (Å²) in [6.45, 7) is 3.46. The van der Waals surface area contributed by atoms with Gasteiger partial charge in [-0.3, -0.25) is 4.99 Å². The van der Waals surface area contributed by atoms with Crippen molar-refractivity contribution >= 4 is 22.4 Å². The summed E-state index contributed by atoms with van der Waals surface area (Å²) in [5.41, 5.74) is 3.57. The quantitative estimate of drug-likeness (QED) is 0.761. The van der Waals surface area contributed by atoms with Crippen molar-refractivity contribution < 1.29 is 5.11 Å². The van der Waals surface area contributed by atoms with Gasteiger partial charge in [0, 0.05) is 30.1 Å². The van der Waals surface area contributed by atoms with Crippen LogP contribution in [0.3, 0.4) is 0 Å². The Kier molecular flexibility index (Phi) is 4.77. The third kappa shape index (κ3) is 3.76. The van der Waals surface area contributed by atoms with Crippen LogP contribution in [0.5, 0.6) is 0 Å². The van der Waals surface area contributed by atoms with E-state index in [4.69, 9.17) is 15.0 Å². The van der Waals surface area contributed by atoms with Crippen molar-refractivity contribution in [3.05, 3.63) is 29.6 Å². The second-order valence-electron chi connectivity index (χ2n) is 8.63. The summed E-state index contributed by atoms with van der Waals surface area (Å²) in [4.78, 5) is 14.7. The largest absolute Gasteiger partial charge is 0.390 e. The molecule has 5 rings (SSSR count). The van der Waals surface area contributed by atoms with Gasteiger partial charge >= 0.3 is 0 Å². The number of aliphatic hydroxyl groups is 1. The van der Waals surface area contributed by atoms with Crippen molar-refractivity contribution in [3.63, 3.8) is 0 Å². The van der Waals surface area contributed by atoms with E-state index in [2.05, 4.69) is 35.8 Å². The Labute approximate surface area is 165 Å². The van der Waals surface area contributed by atoms with Crippen molar-refractivity contribution in [1.29, 1.82) is 0 Å². The maximum absolute atomic E-state index is 10.2. The van der Waals surface area contributed by atoms with Gasteiger partial charge in [-0.25, -0.2) is 9.97 Å². The lowest BCUT2D eigenvalue weighted by Crippen LogP contribution is -2.32. The number of aliphatic hydroxyl groups excluding tert-OH is 1. The summed E-state index contributed by atoms with van der Waals surface area (Å²) in [5, 5.41) is 18.0. The van der Waals surface area contributed by atoms with E-state index in [1.165, 1.54) is 24.1 Å². The minimum absolute atomic E-state index is 0.0184. The molecule has 2 aromatic rings. The number of nitrogens with one attached hydrogen (secondary N) is 2. The highest BCUT2D eigenvalue weighted by molar-refractivity contribution is 5.90. The van der Waals surface area contributed by atoms with Gasteiger partial charge in [0.25, 0.3) is 0 Å². The highest BCUT2D eigenvalue weighted by Crippen LogP contribution is 2.34. The summed E-state index contributed by atoms with van der Waals surface area (Å²) >= 11 is 0. The minimum atomic E-state index is -0.394. The van der Waals surface area contributed by atoms with Gasteiger partial charge in [0.2, 0.25) is 0 Å². The number of benzene rings is 1. The number of aliphatic imine (C=N–C) groups is 1. The van der Waals surface area contributed by atoms with Crippen LogP contribution in [0.4, 0.5) is 5.82 Å². The molecule has 1 saturated heterocycles. The molecule has 1 aliphatic heterocycles. The Balaban J connectivity index is 1.43. The molecule has 6 heteroatoms. The highest BCUT2D eigenvalue weighted by Gasteiger charge is 2.28. The Morgan fingerprint density at radius 1 is 1.11 bits per heavy atom. The average Bonchev–Trinajstić information content (AvgIpc) is 3.43. The lowest BCUT2D eigenvalue weighted by atomic mass is 9.87. The smallest absolute Gasteiger partial charge is 0.138 e. The molecule has 1 aromatic heterocycles. The van der Waals surface area contributed by atoms with Crippen LogP contribution >= 0.6 is 0 Å². The SMILES string of the molecule is Cc1ccc2nc(C3CCC(=NC4CC4)CC3)nc(N[C@@H]3CNC[C@H]3O)c2c1. The maximum Gasteiger partial charge on any atom is 0.138 e. The number of rotatable bonds is 4. The average molecular weight is 380 g/mol. The zero-order valence-electron chi connectivity index (χ0n) is 16.5. The fourth-order valence-corrected chi connectivity index (χ4v) is 4.34. The second kappa shape index (κ2) is 7.41. The van der Waals surface area contributed by atoms with Crippen LogP contribution in [0.2, 0.25) is 0 Å². The van der Waals surface area contributed by atoms with E-state index >= 15 is 0 Å². The van der Waals surface area contributed by atoms with Crippen molar-refractivity contribution in [3.8, 4) is 0 Å². The third-order valence-electron chi connectivity index (χ3n) is 6.21. The topological polar surface area (TPSA) is 82.4 Å². The molecule has 0 spiro atoms. The molecule has 2 saturated carbocycles. The van der Waals surface area contributed by atoms with Crippen molar-refractivity contribution in [1.82, 2.24) is 15.3 Å². The van der Waals surface area contributed by atoms with Crippen LogP contribution < -0.4 is 10.6 Å². The first-order valence-electron chi connectivity index (χ1n) is 10.6. The van der Waals surface area contributed by atoms with E-state index in [-0.39, 0.29) is 6.04 Å². The van der Waals surface area contributed by atoms with Crippen LogP contribution in [-0.4, -0.2) is 52.1 Å². The van der Waals surface area contributed by atoms with Gasteiger partial charge in [-0.05, 0) is 57.6 Å². The molecule has 0 bridgehead atoms. The Morgan fingerprint density at radius 2 is 1.93 bits per heavy atom. The molecule has 3 fully saturated rings. The zero-order chi connectivity index (χ0) is 19.1. The molecule has 0 amide bonds. The summed E-state index contributed by atoms with van der Waals surface area (Å²) in [6.07, 6.45) is 6.46. The van der Waals surface area contributed by atoms with Gasteiger partial charge in [-0.15, -0.1) is 0 Å². The first-order valence-corrected chi connectivity index (χ1v) is 10.6. The number of hydrogen-bond donors (Lipinski definition) is 3. The van der Waals surface area contributed by atoms with Crippen LogP contribution in [0, 0.1) is 6.92 Å². The second-order valence-corrected chi connectivity index (χ2v) is 8.63. The van der Waals surface area contributed by atoms with Crippen LogP contribution in [0.25, 0.3) is 10.9 Å². The fraction of sp³-hybridized carbons (Fsp3) is 0.591. The number of nitrogens with zero attached hydrogens (tertiary/aromatic N) is 3. The summed E-state index contributed by atoms with van der Waals surface area (Å²) in [5.74, 6) is 2.18. The molecule has 0 radical (unpaired) electrons. The lowest BCUT2D eigenvalue weighted by molar-refractivity contribution is 0.185. The predicted molar refractivity (Wildman–Crippen MR) is 112 cm³/mol. The molecule has 6 nitrogen and oxygen atoms in total. The molecule has 3 N–H and O–H groups in total. The molecule has 2 aliphatic carbocycles. The Bertz CT molecular complexity index is 897. The van der Waals surface area contributed by atoms with Crippen molar-refractivity contribution in [2.75, 3.05) is 18.4 Å². The molecular formula is C22H29N5O. The van der Waals surface area contributed by atoms with Gasteiger partial charge in [0.1, 0.15) is 11.6 Å². The number of β-amino-alcohol motifs (C(OH)–C–C–N with tert-alkyl or cyclic N) is 1. The van der Waals surface area contributed by atoms with Gasteiger partial charge in [-0.1, -0.05) is 11.6 Å². The van der Waals surface area contributed by atoms with E-state index < -0.39 is 6.10 Å². The third-order valence-corrected chi connectivity index (χ3v) is 6.21. The first kappa shape index (κ1) is 18.0.